The van der Waals surface area contributed by atoms with Crippen LogP contribution in [0.15, 0.2) is 77.9 Å². The number of hydrogen-bond acceptors (Lipinski definition) is 4. The first-order valence-electron chi connectivity index (χ1n) is 8.45. The summed E-state index contributed by atoms with van der Waals surface area (Å²) in [5.74, 6) is 0.169. The number of fused-ring (bicyclic) bond motifs is 3. The first-order chi connectivity index (χ1) is 13.3. The molecule has 0 atom stereocenters. The first-order valence-corrected chi connectivity index (χ1v) is 8.45. The molecule has 1 aliphatic rings. The van der Waals surface area contributed by atoms with Gasteiger partial charge in [-0.2, -0.15) is 10.4 Å². The third kappa shape index (κ3) is 3.29. The molecule has 130 valence electrons. The van der Waals surface area contributed by atoms with E-state index in [2.05, 4.69) is 10.5 Å². The number of ether oxygens (including phenoxy) is 1. The molecule has 4 rings (SSSR count). The Balaban J connectivity index is 1.47. The molecule has 0 bridgehead atoms. The van der Waals surface area contributed by atoms with Gasteiger partial charge in [-0.3, -0.25) is 4.79 Å². The zero-order valence-electron chi connectivity index (χ0n) is 14.3. The molecule has 0 spiro atoms. The molecule has 0 radical (unpaired) electrons. The van der Waals surface area contributed by atoms with E-state index in [-0.39, 0.29) is 12.5 Å². The standard InChI is InChI=1S/C22H15N3O2/c23-13-15-9-11-16(12-10-15)27-14-21(26)24-25-22-19-7-3-1-5-17(19)18-6-2-4-8-20(18)22/h1-12H,14H2,(H,24,26). The Morgan fingerprint density at radius 2 is 1.44 bits per heavy atom. The number of carbonyl (C=O) groups is 1. The average Bonchev–Trinajstić information content (AvgIpc) is 3.05. The van der Waals surface area contributed by atoms with Crippen molar-refractivity contribution in [1.29, 1.82) is 5.26 Å². The maximum atomic E-state index is 12.1. The van der Waals surface area contributed by atoms with Crippen molar-refractivity contribution in [3.05, 3.63) is 89.5 Å². The van der Waals surface area contributed by atoms with Gasteiger partial charge in [-0.25, -0.2) is 5.43 Å². The Morgan fingerprint density at radius 1 is 0.889 bits per heavy atom. The first kappa shape index (κ1) is 16.6. The summed E-state index contributed by atoms with van der Waals surface area (Å²) in [6.45, 7) is -0.161. The van der Waals surface area contributed by atoms with Crippen LogP contribution in [0.1, 0.15) is 16.7 Å². The number of nitriles is 1. The van der Waals surface area contributed by atoms with Crippen LogP contribution in [0, 0.1) is 11.3 Å². The Morgan fingerprint density at radius 3 is 2.00 bits per heavy atom. The van der Waals surface area contributed by atoms with Crippen LogP contribution < -0.4 is 10.2 Å². The lowest BCUT2D eigenvalue weighted by Gasteiger charge is -2.06. The second kappa shape index (κ2) is 7.14. The third-order valence-electron chi connectivity index (χ3n) is 4.30. The lowest BCUT2D eigenvalue weighted by atomic mass is 10.1. The minimum atomic E-state index is -0.353. The Labute approximate surface area is 156 Å². The molecular weight excluding hydrogens is 338 g/mol. The summed E-state index contributed by atoms with van der Waals surface area (Å²) in [7, 11) is 0. The van der Waals surface area contributed by atoms with E-state index in [1.165, 1.54) is 0 Å². The van der Waals surface area contributed by atoms with Crippen molar-refractivity contribution in [2.75, 3.05) is 6.61 Å². The lowest BCUT2D eigenvalue weighted by molar-refractivity contribution is -0.123. The fourth-order valence-electron chi connectivity index (χ4n) is 3.04. The van der Waals surface area contributed by atoms with Gasteiger partial charge in [-0.1, -0.05) is 48.5 Å². The summed E-state index contributed by atoms with van der Waals surface area (Å²) in [5.41, 5.74) is 8.05. The second-order valence-electron chi connectivity index (χ2n) is 6.01. The van der Waals surface area contributed by atoms with Crippen molar-refractivity contribution < 1.29 is 9.53 Å². The number of nitrogens with zero attached hydrogens (tertiary/aromatic N) is 2. The monoisotopic (exact) mass is 353 g/mol. The summed E-state index contributed by atoms with van der Waals surface area (Å²) in [5, 5.41) is 13.1. The van der Waals surface area contributed by atoms with Crippen LogP contribution in [-0.4, -0.2) is 18.2 Å². The third-order valence-corrected chi connectivity index (χ3v) is 4.30. The topological polar surface area (TPSA) is 74.5 Å². The highest BCUT2D eigenvalue weighted by Crippen LogP contribution is 2.36. The van der Waals surface area contributed by atoms with Gasteiger partial charge in [-0.05, 0) is 35.4 Å². The number of amides is 1. The predicted octanol–water partition coefficient (Wildman–Crippen LogP) is 3.49. The molecule has 1 N–H and O–H groups in total. The summed E-state index contributed by atoms with van der Waals surface area (Å²) >= 11 is 0. The van der Waals surface area contributed by atoms with Crippen LogP contribution in [0.3, 0.4) is 0 Å². The largest absolute Gasteiger partial charge is 0.484 e. The van der Waals surface area contributed by atoms with Gasteiger partial charge in [0.15, 0.2) is 6.61 Å². The van der Waals surface area contributed by atoms with E-state index in [1.807, 2.05) is 54.6 Å². The SMILES string of the molecule is N#Cc1ccc(OCC(=O)NN=C2c3ccccc3-c3ccccc32)cc1. The maximum absolute atomic E-state index is 12.1. The highest BCUT2D eigenvalue weighted by Gasteiger charge is 2.24. The number of hydrogen-bond donors (Lipinski definition) is 1. The van der Waals surface area contributed by atoms with Crippen LogP contribution in [-0.2, 0) is 4.79 Å². The van der Waals surface area contributed by atoms with Gasteiger partial charge < -0.3 is 4.74 Å². The van der Waals surface area contributed by atoms with Crippen molar-refractivity contribution in [2.45, 2.75) is 0 Å². The van der Waals surface area contributed by atoms with Gasteiger partial charge in [-0.15, -0.1) is 0 Å². The van der Waals surface area contributed by atoms with Gasteiger partial charge in [0.25, 0.3) is 5.91 Å². The minimum Gasteiger partial charge on any atom is -0.484 e. The number of hydrazone groups is 1. The highest BCUT2D eigenvalue weighted by molar-refractivity contribution is 6.24. The van der Waals surface area contributed by atoms with E-state index in [0.29, 0.717) is 11.3 Å². The van der Waals surface area contributed by atoms with Crippen LogP contribution >= 0.6 is 0 Å². The molecule has 5 nitrogen and oxygen atoms in total. The number of carbonyl (C=O) groups excluding carboxylic acids is 1. The van der Waals surface area contributed by atoms with Crippen LogP contribution in [0.25, 0.3) is 11.1 Å². The van der Waals surface area contributed by atoms with Crippen LogP contribution in [0.4, 0.5) is 0 Å². The molecule has 0 aliphatic heterocycles. The molecule has 0 unspecified atom stereocenters. The molecule has 0 saturated heterocycles. The van der Waals surface area contributed by atoms with Gasteiger partial charge in [0.1, 0.15) is 5.75 Å². The molecule has 0 fully saturated rings. The van der Waals surface area contributed by atoms with Gasteiger partial charge in [0.05, 0.1) is 17.3 Å². The van der Waals surface area contributed by atoms with Crippen molar-refractivity contribution in [1.82, 2.24) is 5.43 Å². The van der Waals surface area contributed by atoms with E-state index in [9.17, 15) is 4.79 Å². The number of rotatable bonds is 4. The minimum absolute atomic E-state index is 0.161. The second-order valence-corrected chi connectivity index (χ2v) is 6.01. The van der Waals surface area contributed by atoms with Gasteiger partial charge in [0, 0.05) is 11.1 Å². The fourth-order valence-corrected chi connectivity index (χ4v) is 3.04. The zero-order chi connectivity index (χ0) is 18.6. The smallest absolute Gasteiger partial charge is 0.277 e. The molecule has 0 saturated carbocycles. The maximum Gasteiger partial charge on any atom is 0.277 e. The van der Waals surface area contributed by atoms with Crippen molar-refractivity contribution in [3.63, 3.8) is 0 Å². The average molecular weight is 353 g/mol. The molecule has 0 aromatic heterocycles. The Kier molecular flexibility index (Phi) is 4.38. The molecule has 1 amide bonds. The molecule has 1 aliphatic carbocycles. The fraction of sp³-hybridized carbons (Fsp3) is 0.0455. The van der Waals surface area contributed by atoms with E-state index in [4.69, 9.17) is 10.00 Å². The van der Waals surface area contributed by atoms with E-state index < -0.39 is 0 Å². The summed E-state index contributed by atoms with van der Waals surface area (Å²) in [6, 6.07) is 24.6. The summed E-state index contributed by atoms with van der Waals surface area (Å²) in [4.78, 5) is 12.1. The summed E-state index contributed by atoms with van der Waals surface area (Å²) in [6.07, 6.45) is 0. The van der Waals surface area contributed by atoms with Crippen LogP contribution in [0.2, 0.25) is 0 Å². The molecule has 27 heavy (non-hydrogen) atoms. The number of benzene rings is 3. The molecular formula is C22H15N3O2. The Bertz CT molecular complexity index is 1030. The van der Waals surface area contributed by atoms with Gasteiger partial charge in [0.2, 0.25) is 0 Å². The normalized spacial score (nSPS) is 11.1. The quantitative estimate of drug-likeness (QED) is 0.571. The van der Waals surface area contributed by atoms with E-state index in [1.54, 1.807) is 24.3 Å². The number of nitrogens with one attached hydrogen (secondary N) is 1. The zero-order valence-corrected chi connectivity index (χ0v) is 14.3. The summed E-state index contributed by atoms with van der Waals surface area (Å²) < 4.78 is 5.43. The Hall–Kier alpha value is -3.91. The van der Waals surface area contributed by atoms with Crippen molar-refractivity contribution >= 4 is 11.6 Å². The molecule has 3 aromatic rings. The van der Waals surface area contributed by atoms with Gasteiger partial charge >= 0.3 is 0 Å². The molecule has 5 heteroatoms. The van der Waals surface area contributed by atoms with Crippen LogP contribution in [0.5, 0.6) is 5.75 Å². The highest BCUT2D eigenvalue weighted by atomic mass is 16.5. The van der Waals surface area contributed by atoms with E-state index in [0.717, 1.165) is 28.0 Å². The van der Waals surface area contributed by atoms with Crippen molar-refractivity contribution in [3.8, 4) is 22.9 Å². The molecule has 0 heterocycles. The molecule has 3 aromatic carbocycles. The van der Waals surface area contributed by atoms with Crippen molar-refractivity contribution in [2.24, 2.45) is 5.10 Å². The van der Waals surface area contributed by atoms with E-state index >= 15 is 0 Å². The predicted molar refractivity (Wildman–Crippen MR) is 102 cm³/mol. The lowest BCUT2D eigenvalue weighted by Crippen LogP contribution is -2.26.